The number of carbonyl (C=O) groups excluding carboxylic acids is 1. The SMILES string of the molecule is COc1cc(-c2cccc(CC(=O)Nc3ccc(-c4ccccc4)nc3)c2)ccn1. The van der Waals surface area contributed by atoms with E-state index in [1.165, 1.54) is 0 Å². The number of anilines is 1. The number of methoxy groups -OCH3 is 1. The van der Waals surface area contributed by atoms with Gasteiger partial charge in [-0.3, -0.25) is 9.78 Å². The van der Waals surface area contributed by atoms with Crippen LogP contribution >= 0.6 is 0 Å². The normalized spacial score (nSPS) is 10.4. The molecular formula is C25H21N3O2. The Hall–Kier alpha value is -3.99. The Morgan fingerprint density at radius 1 is 0.867 bits per heavy atom. The highest BCUT2D eigenvalue weighted by atomic mass is 16.5. The van der Waals surface area contributed by atoms with Gasteiger partial charge in [0.05, 0.1) is 31.1 Å². The third kappa shape index (κ3) is 4.70. The van der Waals surface area contributed by atoms with Gasteiger partial charge >= 0.3 is 0 Å². The van der Waals surface area contributed by atoms with Crippen molar-refractivity contribution in [3.05, 3.63) is 96.8 Å². The summed E-state index contributed by atoms with van der Waals surface area (Å²) in [5, 5.41) is 2.92. The van der Waals surface area contributed by atoms with Crippen molar-refractivity contribution in [3.63, 3.8) is 0 Å². The molecule has 0 fully saturated rings. The summed E-state index contributed by atoms with van der Waals surface area (Å²) in [6, 6.07) is 25.4. The van der Waals surface area contributed by atoms with Crippen molar-refractivity contribution >= 4 is 11.6 Å². The van der Waals surface area contributed by atoms with Crippen molar-refractivity contribution in [3.8, 4) is 28.3 Å². The molecular weight excluding hydrogens is 374 g/mol. The summed E-state index contributed by atoms with van der Waals surface area (Å²) in [5.74, 6) is 0.468. The van der Waals surface area contributed by atoms with Crippen LogP contribution in [0.1, 0.15) is 5.56 Å². The molecule has 0 bridgehead atoms. The Bertz CT molecular complexity index is 1140. The van der Waals surface area contributed by atoms with E-state index in [0.717, 1.165) is 27.9 Å². The van der Waals surface area contributed by atoms with Crippen LogP contribution in [0.15, 0.2) is 91.3 Å². The first-order chi connectivity index (χ1) is 14.7. The topological polar surface area (TPSA) is 64.1 Å². The summed E-state index contributed by atoms with van der Waals surface area (Å²) in [6.07, 6.45) is 3.66. The van der Waals surface area contributed by atoms with E-state index in [1.54, 1.807) is 19.5 Å². The zero-order valence-electron chi connectivity index (χ0n) is 16.6. The number of hydrogen-bond donors (Lipinski definition) is 1. The van der Waals surface area contributed by atoms with Crippen LogP contribution in [0, 0.1) is 0 Å². The molecule has 0 unspecified atom stereocenters. The largest absolute Gasteiger partial charge is 0.481 e. The summed E-state index contributed by atoms with van der Waals surface area (Å²) in [5.41, 5.74) is 5.51. The number of aromatic nitrogens is 2. The fourth-order valence-electron chi connectivity index (χ4n) is 3.20. The number of nitrogens with zero attached hydrogens (tertiary/aromatic N) is 2. The fourth-order valence-corrected chi connectivity index (χ4v) is 3.20. The molecule has 0 radical (unpaired) electrons. The maximum Gasteiger partial charge on any atom is 0.228 e. The first kappa shape index (κ1) is 19.3. The lowest BCUT2D eigenvalue weighted by Gasteiger charge is -2.08. The van der Waals surface area contributed by atoms with Crippen LogP contribution in [-0.4, -0.2) is 23.0 Å². The Morgan fingerprint density at radius 3 is 2.43 bits per heavy atom. The number of amides is 1. The Kier molecular flexibility index (Phi) is 5.80. The van der Waals surface area contributed by atoms with Gasteiger partial charge in [0.2, 0.25) is 11.8 Å². The smallest absolute Gasteiger partial charge is 0.228 e. The van der Waals surface area contributed by atoms with Crippen molar-refractivity contribution < 1.29 is 9.53 Å². The van der Waals surface area contributed by atoms with Gasteiger partial charge in [-0.1, -0.05) is 54.6 Å². The second-order valence-corrected chi connectivity index (χ2v) is 6.81. The van der Waals surface area contributed by atoms with E-state index in [1.807, 2.05) is 78.9 Å². The fraction of sp³-hybridized carbons (Fsp3) is 0.0800. The first-order valence-corrected chi connectivity index (χ1v) is 9.62. The minimum Gasteiger partial charge on any atom is -0.481 e. The maximum absolute atomic E-state index is 12.5. The molecule has 5 nitrogen and oxygen atoms in total. The highest BCUT2D eigenvalue weighted by molar-refractivity contribution is 5.92. The molecule has 0 aliphatic rings. The quantitative estimate of drug-likeness (QED) is 0.499. The molecule has 4 rings (SSSR count). The molecule has 2 aromatic carbocycles. The average Bonchev–Trinajstić information content (AvgIpc) is 2.80. The Labute approximate surface area is 175 Å². The molecule has 0 atom stereocenters. The summed E-state index contributed by atoms with van der Waals surface area (Å²) in [6.45, 7) is 0. The van der Waals surface area contributed by atoms with E-state index in [-0.39, 0.29) is 12.3 Å². The van der Waals surface area contributed by atoms with Gasteiger partial charge in [-0.2, -0.15) is 0 Å². The van der Waals surface area contributed by atoms with Crippen molar-refractivity contribution in [2.75, 3.05) is 12.4 Å². The van der Waals surface area contributed by atoms with Gasteiger partial charge in [0.1, 0.15) is 0 Å². The van der Waals surface area contributed by atoms with Gasteiger partial charge in [-0.15, -0.1) is 0 Å². The summed E-state index contributed by atoms with van der Waals surface area (Å²) in [7, 11) is 1.59. The van der Waals surface area contributed by atoms with E-state index in [9.17, 15) is 4.79 Å². The van der Waals surface area contributed by atoms with Crippen molar-refractivity contribution in [2.24, 2.45) is 0 Å². The molecule has 0 spiro atoms. The van der Waals surface area contributed by atoms with Crippen molar-refractivity contribution in [1.82, 2.24) is 9.97 Å². The maximum atomic E-state index is 12.5. The Balaban J connectivity index is 1.43. The standard InChI is InChI=1S/C25H21N3O2/c1-30-25-16-21(12-13-26-25)20-9-5-6-18(14-20)15-24(29)28-22-10-11-23(27-17-22)19-7-3-2-4-8-19/h2-14,16-17H,15H2,1H3,(H,28,29). The van der Waals surface area contributed by atoms with Crippen molar-refractivity contribution in [1.29, 1.82) is 0 Å². The lowest BCUT2D eigenvalue weighted by molar-refractivity contribution is -0.115. The van der Waals surface area contributed by atoms with Gasteiger partial charge < -0.3 is 10.1 Å². The molecule has 30 heavy (non-hydrogen) atoms. The summed E-state index contributed by atoms with van der Waals surface area (Å²) >= 11 is 0. The van der Waals surface area contributed by atoms with Crippen LogP contribution in [0.5, 0.6) is 5.88 Å². The van der Waals surface area contributed by atoms with Crippen LogP contribution < -0.4 is 10.1 Å². The number of nitrogens with one attached hydrogen (secondary N) is 1. The van der Waals surface area contributed by atoms with Crippen molar-refractivity contribution in [2.45, 2.75) is 6.42 Å². The summed E-state index contributed by atoms with van der Waals surface area (Å²) < 4.78 is 5.19. The third-order valence-corrected chi connectivity index (χ3v) is 4.69. The lowest BCUT2D eigenvalue weighted by atomic mass is 10.0. The lowest BCUT2D eigenvalue weighted by Crippen LogP contribution is -2.14. The molecule has 0 saturated carbocycles. The molecule has 0 aliphatic carbocycles. The van der Waals surface area contributed by atoms with Crippen LogP contribution in [0.2, 0.25) is 0 Å². The number of ether oxygens (including phenoxy) is 1. The minimum absolute atomic E-state index is 0.0891. The highest BCUT2D eigenvalue weighted by Crippen LogP contribution is 2.23. The Morgan fingerprint density at radius 2 is 1.67 bits per heavy atom. The molecule has 5 heteroatoms. The number of rotatable bonds is 6. The number of benzene rings is 2. The van der Waals surface area contributed by atoms with E-state index >= 15 is 0 Å². The van der Waals surface area contributed by atoms with Gasteiger partial charge in [-0.25, -0.2) is 4.98 Å². The molecule has 1 N–H and O–H groups in total. The van der Waals surface area contributed by atoms with Gasteiger partial charge in [0, 0.05) is 17.8 Å². The third-order valence-electron chi connectivity index (χ3n) is 4.69. The van der Waals surface area contributed by atoms with E-state index in [4.69, 9.17) is 4.74 Å². The van der Waals surface area contributed by atoms with Crippen LogP contribution in [0.4, 0.5) is 5.69 Å². The molecule has 4 aromatic rings. The van der Waals surface area contributed by atoms with Crippen LogP contribution in [0.3, 0.4) is 0 Å². The second-order valence-electron chi connectivity index (χ2n) is 6.81. The monoisotopic (exact) mass is 395 g/mol. The average molecular weight is 395 g/mol. The van der Waals surface area contributed by atoms with E-state index < -0.39 is 0 Å². The predicted octanol–water partition coefficient (Wildman–Crippen LogP) is 5.00. The number of carbonyl (C=O) groups is 1. The zero-order valence-corrected chi connectivity index (χ0v) is 16.6. The molecule has 0 saturated heterocycles. The van der Waals surface area contributed by atoms with E-state index in [0.29, 0.717) is 11.6 Å². The van der Waals surface area contributed by atoms with Crippen LogP contribution in [0.25, 0.3) is 22.4 Å². The van der Waals surface area contributed by atoms with Gasteiger partial charge in [0.15, 0.2) is 0 Å². The highest BCUT2D eigenvalue weighted by Gasteiger charge is 2.07. The minimum atomic E-state index is -0.0891. The first-order valence-electron chi connectivity index (χ1n) is 9.62. The zero-order chi connectivity index (χ0) is 20.8. The summed E-state index contributed by atoms with van der Waals surface area (Å²) in [4.78, 5) is 21.1. The molecule has 0 aliphatic heterocycles. The molecule has 2 aromatic heterocycles. The number of hydrogen-bond acceptors (Lipinski definition) is 4. The van der Waals surface area contributed by atoms with Gasteiger partial charge in [-0.05, 0) is 34.9 Å². The number of pyridine rings is 2. The predicted molar refractivity (Wildman–Crippen MR) is 118 cm³/mol. The van der Waals surface area contributed by atoms with E-state index in [2.05, 4.69) is 15.3 Å². The molecule has 1 amide bonds. The van der Waals surface area contributed by atoms with Gasteiger partial charge in [0.25, 0.3) is 0 Å². The molecule has 2 heterocycles. The second kappa shape index (κ2) is 9.01. The van der Waals surface area contributed by atoms with Crippen LogP contribution in [-0.2, 0) is 11.2 Å². The molecule has 148 valence electrons.